The van der Waals surface area contributed by atoms with Crippen LogP contribution in [0.3, 0.4) is 0 Å². The van der Waals surface area contributed by atoms with Crippen LogP contribution in [0.1, 0.15) is 22.7 Å². The van der Waals surface area contributed by atoms with Gasteiger partial charge in [-0.05, 0) is 30.9 Å². The maximum atomic E-state index is 11.1. The molecule has 0 unspecified atom stereocenters. The van der Waals surface area contributed by atoms with E-state index in [1.54, 1.807) is 23.9 Å². The SMILES string of the molecule is COC(=O)c1ccc(CSCCCN)o1. The molecule has 0 amide bonds. The molecule has 0 saturated carbocycles. The maximum Gasteiger partial charge on any atom is 0.373 e. The van der Waals surface area contributed by atoms with E-state index in [0.29, 0.717) is 6.54 Å². The average Bonchev–Trinajstić information content (AvgIpc) is 2.72. The quantitative estimate of drug-likeness (QED) is 0.593. The number of hydrogen-bond acceptors (Lipinski definition) is 5. The van der Waals surface area contributed by atoms with Gasteiger partial charge in [0, 0.05) is 0 Å². The Hall–Kier alpha value is -0.940. The van der Waals surface area contributed by atoms with Gasteiger partial charge in [0.15, 0.2) is 0 Å². The second-order valence-electron chi connectivity index (χ2n) is 2.95. The van der Waals surface area contributed by atoms with E-state index in [0.717, 1.165) is 23.7 Å². The zero-order valence-electron chi connectivity index (χ0n) is 8.69. The fourth-order valence-electron chi connectivity index (χ4n) is 1.02. The van der Waals surface area contributed by atoms with Gasteiger partial charge in [0.25, 0.3) is 0 Å². The molecule has 1 heterocycles. The lowest BCUT2D eigenvalue weighted by Gasteiger charge is -1.97. The van der Waals surface area contributed by atoms with Gasteiger partial charge in [-0.3, -0.25) is 0 Å². The molecule has 4 nitrogen and oxygen atoms in total. The lowest BCUT2D eigenvalue weighted by Crippen LogP contribution is -1.99. The van der Waals surface area contributed by atoms with Crippen molar-refractivity contribution in [2.24, 2.45) is 5.73 Å². The van der Waals surface area contributed by atoms with Gasteiger partial charge in [-0.2, -0.15) is 11.8 Å². The third-order valence-corrected chi connectivity index (χ3v) is 2.85. The molecule has 0 aliphatic rings. The largest absolute Gasteiger partial charge is 0.463 e. The van der Waals surface area contributed by atoms with Crippen molar-refractivity contribution in [3.63, 3.8) is 0 Å². The van der Waals surface area contributed by atoms with Crippen LogP contribution in [0.4, 0.5) is 0 Å². The Morgan fingerprint density at radius 2 is 2.40 bits per heavy atom. The molecule has 15 heavy (non-hydrogen) atoms. The van der Waals surface area contributed by atoms with Gasteiger partial charge in [0.1, 0.15) is 5.76 Å². The van der Waals surface area contributed by atoms with Gasteiger partial charge in [0.05, 0.1) is 12.9 Å². The molecule has 1 aromatic rings. The molecule has 0 aromatic carbocycles. The number of thioether (sulfide) groups is 1. The van der Waals surface area contributed by atoms with Crippen molar-refractivity contribution in [3.05, 3.63) is 23.7 Å². The first-order chi connectivity index (χ1) is 7.27. The van der Waals surface area contributed by atoms with Crippen molar-refractivity contribution < 1.29 is 13.9 Å². The third kappa shape index (κ3) is 3.97. The summed E-state index contributed by atoms with van der Waals surface area (Å²) < 4.78 is 9.83. The summed E-state index contributed by atoms with van der Waals surface area (Å²) >= 11 is 1.74. The van der Waals surface area contributed by atoms with E-state index >= 15 is 0 Å². The smallest absolute Gasteiger partial charge is 0.373 e. The van der Waals surface area contributed by atoms with Crippen molar-refractivity contribution >= 4 is 17.7 Å². The van der Waals surface area contributed by atoms with Crippen molar-refractivity contribution in [2.45, 2.75) is 12.2 Å². The maximum absolute atomic E-state index is 11.1. The summed E-state index contributed by atoms with van der Waals surface area (Å²) in [5.41, 5.74) is 5.37. The first-order valence-corrected chi connectivity index (χ1v) is 5.88. The molecule has 0 atom stereocenters. The predicted octanol–water partition coefficient (Wildman–Crippen LogP) is 1.65. The molecule has 0 fully saturated rings. The highest BCUT2D eigenvalue weighted by atomic mass is 32.2. The molecule has 5 heteroatoms. The van der Waals surface area contributed by atoms with Crippen LogP contribution in [-0.4, -0.2) is 25.4 Å². The zero-order valence-corrected chi connectivity index (χ0v) is 9.51. The van der Waals surface area contributed by atoms with E-state index in [9.17, 15) is 4.79 Å². The molecule has 2 N–H and O–H groups in total. The molecule has 1 rings (SSSR count). The molecule has 0 aliphatic carbocycles. The van der Waals surface area contributed by atoms with Crippen LogP contribution in [0.25, 0.3) is 0 Å². The van der Waals surface area contributed by atoms with E-state index < -0.39 is 5.97 Å². The van der Waals surface area contributed by atoms with Gasteiger partial charge in [-0.1, -0.05) is 0 Å². The standard InChI is InChI=1S/C10H15NO3S/c1-13-10(12)9-4-3-8(14-9)7-15-6-2-5-11/h3-4H,2,5-7,11H2,1H3. The second kappa shape index (κ2) is 6.53. The van der Waals surface area contributed by atoms with Crippen LogP contribution in [-0.2, 0) is 10.5 Å². The van der Waals surface area contributed by atoms with E-state index in [2.05, 4.69) is 4.74 Å². The Morgan fingerprint density at radius 1 is 1.60 bits per heavy atom. The minimum atomic E-state index is -0.437. The van der Waals surface area contributed by atoms with Crippen LogP contribution in [0.15, 0.2) is 16.5 Å². The predicted molar refractivity (Wildman–Crippen MR) is 59.9 cm³/mol. The van der Waals surface area contributed by atoms with Crippen LogP contribution < -0.4 is 5.73 Å². The van der Waals surface area contributed by atoms with Crippen LogP contribution in [0.5, 0.6) is 0 Å². The normalized spacial score (nSPS) is 10.3. The summed E-state index contributed by atoms with van der Waals surface area (Å²) in [5, 5.41) is 0. The Bertz CT molecular complexity index is 311. The van der Waals surface area contributed by atoms with Gasteiger partial charge < -0.3 is 14.9 Å². The zero-order chi connectivity index (χ0) is 11.1. The van der Waals surface area contributed by atoms with Gasteiger partial charge in [0.2, 0.25) is 5.76 Å². The summed E-state index contributed by atoms with van der Waals surface area (Å²) in [6.45, 7) is 0.707. The molecule has 1 aromatic heterocycles. The fraction of sp³-hybridized carbons (Fsp3) is 0.500. The first-order valence-electron chi connectivity index (χ1n) is 4.72. The molecule has 0 spiro atoms. The number of furan rings is 1. The lowest BCUT2D eigenvalue weighted by molar-refractivity contribution is 0.0563. The monoisotopic (exact) mass is 229 g/mol. The first kappa shape index (κ1) is 12.1. The summed E-state index contributed by atoms with van der Waals surface area (Å²) in [5.74, 6) is 2.37. The highest BCUT2D eigenvalue weighted by Gasteiger charge is 2.10. The van der Waals surface area contributed by atoms with E-state index in [1.807, 2.05) is 0 Å². The summed E-state index contributed by atoms with van der Waals surface area (Å²) in [7, 11) is 1.33. The molecule has 0 aliphatic heterocycles. The number of carbonyl (C=O) groups is 1. The number of esters is 1. The van der Waals surface area contributed by atoms with E-state index in [-0.39, 0.29) is 5.76 Å². The lowest BCUT2D eigenvalue weighted by atomic mass is 10.4. The van der Waals surface area contributed by atoms with Crippen molar-refractivity contribution in [1.82, 2.24) is 0 Å². The van der Waals surface area contributed by atoms with Crippen LogP contribution in [0, 0.1) is 0 Å². The molecule has 0 radical (unpaired) electrons. The van der Waals surface area contributed by atoms with Crippen LogP contribution >= 0.6 is 11.8 Å². The highest BCUT2D eigenvalue weighted by molar-refractivity contribution is 7.98. The van der Waals surface area contributed by atoms with Gasteiger partial charge in [-0.25, -0.2) is 4.79 Å². The summed E-state index contributed by atoms with van der Waals surface area (Å²) in [6, 6.07) is 3.42. The van der Waals surface area contributed by atoms with Crippen molar-refractivity contribution in [3.8, 4) is 0 Å². The number of ether oxygens (including phenoxy) is 1. The number of methoxy groups -OCH3 is 1. The van der Waals surface area contributed by atoms with Gasteiger partial charge in [-0.15, -0.1) is 0 Å². The summed E-state index contributed by atoms with van der Waals surface area (Å²) in [4.78, 5) is 11.1. The van der Waals surface area contributed by atoms with Crippen LogP contribution in [0.2, 0.25) is 0 Å². The number of rotatable bonds is 6. The average molecular weight is 229 g/mol. The molecule has 0 bridgehead atoms. The third-order valence-electron chi connectivity index (χ3n) is 1.79. The Kier molecular flexibility index (Phi) is 5.28. The number of carbonyl (C=O) groups excluding carboxylic acids is 1. The van der Waals surface area contributed by atoms with Crippen molar-refractivity contribution in [2.75, 3.05) is 19.4 Å². The Morgan fingerprint density at radius 3 is 3.07 bits per heavy atom. The number of nitrogens with two attached hydrogens (primary N) is 1. The van der Waals surface area contributed by atoms with E-state index in [4.69, 9.17) is 10.2 Å². The Labute approximate surface area is 93.2 Å². The second-order valence-corrected chi connectivity index (χ2v) is 4.06. The van der Waals surface area contributed by atoms with E-state index in [1.165, 1.54) is 7.11 Å². The molecular formula is C10H15NO3S. The summed E-state index contributed by atoms with van der Waals surface area (Å²) in [6.07, 6.45) is 0.995. The number of hydrogen-bond donors (Lipinski definition) is 1. The molecule has 0 saturated heterocycles. The highest BCUT2D eigenvalue weighted by Crippen LogP contribution is 2.16. The molecule has 84 valence electrons. The minimum absolute atomic E-state index is 0.256. The van der Waals surface area contributed by atoms with Crippen molar-refractivity contribution in [1.29, 1.82) is 0 Å². The minimum Gasteiger partial charge on any atom is -0.463 e. The fourth-order valence-corrected chi connectivity index (χ4v) is 1.90. The molecular weight excluding hydrogens is 214 g/mol. The topological polar surface area (TPSA) is 65.5 Å². The van der Waals surface area contributed by atoms with Gasteiger partial charge >= 0.3 is 5.97 Å². The Balaban J connectivity index is 2.36.